The lowest BCUT2D eigenvalue weighted by molar-refractivity contribution is -0.141. The van der Waals surface area contributed by atoms with Crippen LogP contribution in [0.5, 0.6) is 0 Å². The lowest BCUT2D eigenvalue weighted by atomic mass is 10.1. The average molecular weight is 292 g/mol. The lowest BCUT2D eigenvalue weighted by Gasteiger charge is -2.21. The molecule has 0 aliphatic carbocycles. The molecule has 7 nitrogen and oxygen atoms in total. The molecule has 0 unspecified atom stereocenters. The molecule has 1 aromatic rings. The van der Waals surface area contributed by atoms with E-state index in [1.807, 2.05) is 0 Å². The first-order chi connectivity index (χ1) is 9.88. The number of aliphatic hydroxyl groups is 1. The molecule has 0 aromatic heterocycles. The minimum atomic E-state index is -1.13. The number of nitrogens with one attached hydrogen (secondary N) is 1. The van der Waals surface area contributed by atoms with Crippen molar-refractivity contribution in [1.29, 1.82) is 0 Å². The summed E-state index contributed by atoms with van der Waals surface area (Å²) in [6.45, 7) is 1.38. The van der Waals surface area contributed by atoms with Gasteiger partial charge in [0.1, 0.15) is 6.04 Å². The van der Waals surface area contributed by atoms with Crippen molar-refractivity contribution in [2.24, 2.45) is 0 Å². The molecule has 2 atom stereocenters. The van der Waals surface area contributed by atoms with E-state index >= 15 is 0 Å². The molecule has 1 fully saturated rings. The number of benzene rings is 1. The summed E-state index contributed by atoms with van der Waals surface area (Å²) in [4.78, 5) is 35.5. The molecule has 1 saturated heterocycles. The van der Waals surface area contributed by atoms with E-state index in [0.29, 0.717) is 11.3 Å². The van der Waals surface area contributed by atoms with Crippen LogP contribution in [-0.4, -0.2) is 51.6 Å². The van der Waals surface area contributed by atoms with Crippen LogP contribution in [0, 0.1) is 0 Å². The fraction of sp³-hybridized carbons (Fsp3) is 0.357. The Morgan fingerprint density at radius 2 is 1.86 bits per heavy atom. The van der Waals surface area contributed by atoms with Gasteiger partial charge in [-0.2, -0.15) is 0 Å². The van der Waals surface area contributed by atoms with Crippen molar-refractivity contribution in [3.63, 3.8) is 0 Å². The third-order valence-corrected chi connectivity index (χ3v) is 3.28. The number of carbonyl (C=O) groups is 3. The van der Waals surface area contributed by atoms with E-state index in [-0.39, 0.29) is 18.9 Å². The average Bonchev–Trinajstić information content (AvgIpc) is 2.80. The highest BCUT2D eigenvalue weighted by molar-refractivity contribution is 5.97. The van der Waals surface area contributed by atoms with Crippen LogP contribution in [0.15, 0.2) is 24.3 Å². The molecule has 1 heterocycles. The summed E-state index contributed by atoms with van der Waals surface area (Å²) in [5, 5.41) is 21.2. The number of carboxylic acid groups (broad SMARTS) is 1. The number of hydrogen-bond donors (Lipinski definition) is 3. The molecular formula is C14H16N2O5. The number of hydrogen-bond acceptors (Lipinski definition) is 4. The van der Waals surface area contributed by atoms with E-state index in [0.717, 1.165) is 4.90 Å². The van der Waals surface area contributed by atoms with Crippen molar-refractivity contribution in [1.82, 2.24) is 4.90 Å². The zero-order valence-electron chi connectivity index (χ0n) is 11.4. The van der Waals surface area contributed by atoms with E-state index in [2.05, 4.69) is 5.32 Å². The Kier molecular flexibility index (Phi) is 4.23. The molecule has 21 heavy (non-hydrogen) atoms. The number of β-amino-alcohol motifs (C(OH)–C–C–N with tert-alkyl or cyclic N) is 1. The molecule has 0 bridgehead atoms. The highest BCUT2D eigenvalue weighted by Crippen LogP contribution is 2.21. The van der Waals surface area contributed by atoms with Gasteiger partial charge in [0.15, 0.2) is 0 Å². The van der Waals surface area contributed by atoms with Gasteiger partial charge in [-0.15, -0.1) is 0 Å². The standard InChI is InChI=1S/C14H16N2O5/c1-8(17)15-10-4-2-9(3-5-10)13(19)16-7-11(18)6-12(16)14(20)21/h2-5,11-12,18H,6-7H2,1H3,(H,15,17)(H,20,21)/t11-,12-/m1/s1. The maximum atomic E-state index is 12.3. The molecule has 2 amide bonds. The van der Waals surface area contributed by atoms with Crippen molar-refractivity contribution in [3.8, 4) is 0 Å². The number of carbonyl (C=O) groups excluding carboxylic acids is 2. The van der Waals surface area contributed by atoms with E-state index in [9.17, 15) is 19.5 Å². The molecule has 0 radical (unpaired) electrons. The first-order valence-corrected chi connectivity index (χ1v) is 6.48. The Bertz CT molecular complexity index is 569. The summed E-state index contributed by atoms with van der Waals surface area (Å²) < 4.78 is 0. The van der Waals surface area contributed by atoms with Gasteiger partial charge in [-0.1, -0.05) is 0 Å². The first-order valence-electron chi connectivity index (χ1n) is 6.48. The molecule has 0 saturated carbocycles. The lowest BCUT2D eigenvalue weighted by Crippen LogP contribution is -2.40. The third-order valence-electron chi connectivity index (χ3n) is 3.28. The quantitative estimate of drug-likeness (QED) is 0.743. The number of likely N-dealkylation sites (tertiary alicyclic amines) is 1. The fourth-order valence-corrected chi connectivity index (χ4v) is 2.34. The van der Waals surface area contributed by atoms with Crippen molar-refractivity contribution in [2.45, 2.75) is 25.5 Å². The van der Waals surface area contributed by atoms with Gasteiger partial charge in [-0.3, -0.25) is 9.59 Å². The zero-order valence-corrected chi connectivity index (χ0v) is 11.4. The van der Waals surface area contributed by atoms with Crippen LogP contribution in [0.3, 0.4) is 0 Å². The van der Waals surface area contributed by atoms with Gasteiger partial charge in [-0.05, 0) is 24.3 Å². The van der Waals surface area contributed by atoms with Crippen molar-refractivity contribution in [3.05, 3.63) is 29.8 Å². The first kappa shape index (κ1) is 15.0. The predicted octanol–water partition coefficient (Wildman–Crippen LogP) is 0.305. The summed E-state index contributed by atoms with van der Waals surface area (Å²) in [5.74, 6) is -1.80. The minimum Gasteiger partial charge on any atom is -0.480 e. The minimum absolute atomic E-state index is 0.00322. The van der Waals surface area contributed by atoms with Gasteiger partial charge in [0.05, 0.1) is 6.10 Å². The molecule has 3 N–H and O–H groups in total. The Morgan fingerprint density at radius 3 is 2.38 bits per heavy atom. The van der Waals surface area contributed by atoms with Crippen LogP contribution in [0.25, 0.3) is 0 Å². The van der Waals surface area contributed by atoms with Crippen molar-refractivity contribution in [2.75, 3.05) is 11.9 Å². The van der Waals surface area contributed by atoms with Gasteiger partial charge < -0.3 is 20.4 Å². The van der Waals surface area contributed by atoms with E-state index in [1.54, 1.807) is 12.1 Å². The van der Waals surface area contributed by atoms with E-state index in [1.165, 1.54) is 19.1 Å². The van der Waals surface area contributed by atoms with Crippen molar-refractivity contribution < 1.29 is 24.6 Å². The molecular weight excluding hydrogens is 276 g/mol. The molecule has 1 aromatic carbocycles. The third kappa shape index (κ3) is 3.38. The van der Waals surface area contributed by atoms with E-state index < -0.39 is 24.0 Å². The summed E-state index contributed by atoms with van der Waals surface area (Å²) in [6, 6.07) is 5.14. The van der Waals surface area contributed by atoms with Crippen LogP contribution in [0.1, 0.15) is 23.7 Å². The number of carboxylic acids is 1. The summed E-state index contributed by atoms with van der Waals surface area (Å²) in [7, 11) is 0. The normalized spacial score (nSPS) is 21.1. The molecule has 112 valence electrons. The van der Waals surface area contributed by atoms with Crippen molar-refractivity contribution >= 4 is 23.5 Å². The number of anilines is 1. The second-order valence-corrected chi connectivity index (χ2v) is 4.96. The van der Waals surface area contributed by atoms with Crippen LogP contribution in [-0.2, 0) is 9.59 Å². The zero-order chi connectivity index (χ0) is 15.6. The molecule has 1 aliphatic rings. The van der Waals surface area contributed by atoms with Crippen LogP contribution < -0.4 is 5.32 Å². The predicted molar refractivity (Wildman–Crippen MR) is 73.8 cm³/mol. The Labute approximate surface area is 121 Å². The summed E-state index contributed by atoms with van der Waals surface area (Å²) in [5.41, 5.74) is 0.861. The van der Waals surface area contributed by atoms with Gasteiger partial charge >= 0.3 is 5.97 Å². The second kappa shape index (κ2) is 5.92. The van der Waals surface area contributed by atoms with Gasteiger partial charge in [-0.25, -0.2) is 4.79 Å². The molecule has 0 spiro atoms. The number of amides is 2. The largest absolute Gasteiger partial charge is 0.480 e. The molecule has 2 rings (SSSR count). The smallest absolute Gasteiger partial charge is 0.326 e. The van der Waals surface area contributed by atoms with Gasteiger partial charge in [0.25, 0.3) is 5.91 Å². The Hall–Kier alpha value is -2.41. The van der Waals surface area contributed by atoms with Gasteiger partial charge in [0.2, 0.25) is 5.91 Å². The highest BCUT2D eigenvalue weighted by Gasteiger charge is 2.39. The Morgan fingerprint density at radius 1 is 1.24 bits per heavy atom. The number of rotatable bonds is 3. The summed E-state index contributed by atoms with van der Waals surface area (Å²) in [6.07, 6.45) is -0.792. The fourth-order valence-electron chi connectivity index (χ4n) is 2.34. The van der Waals surface area contributed by atoms with Crippen LogP contribution >= 0.6 is 0 Å². The van der Waals surface area contributed by atoms with Crippen LogP contribution in [0.2, 0.25) is 0 Å². The maximum Gasteiger partial charge on any atom is 0.326 e. The maximum absolute atomic E-state index is 12.3. The number of aliphatic hydroxyl groups excluding tert-OH is 1. The number of aliphatic carboxylic acids is 1. The van der Waals surface area contributed by atoms with Crippen LogP contribution in [0.4, 0.5) is 5.69 Å². The monoisotopic (exact) mass is 292 g/mol. The van der Waals surface area contributed by atoms with Gasteiger partial charge in [0, 0.05) is 31.1 Å². The SMILES string of the molecule is CC(=O)Nc1ccc(C(=O)N2C[C@H](O)C[C@@H]2C(=O)O)cc1. The highest BCUT2D eigenvalue weighted by atomic mass is 16.4. The second-order valence-electron chi connectivity index (χ2n) is 4.96. The number of nitrogens with zero attached hydrogens (tertiary/aromatic N) is 1. The Balaban J connectivity index is 2.15. The molecule has 1 aliphatic heterocycles. The molecule has 7 heteroatoms. The topological polar surface area (TPSA) is 107 Å². The van der Waals surface area contributed by atoms with E-state index in [4.69, 9.17) is 5.11 Å². The summed E-state index contributed by atoms with van der Waals surface area (Å²) >= 11 is 0.